The smallest absolute Gasteiger partial charge is 0.325 e. The monoisotopic (exact) mass is 338 g/mol. The molecule has 0 aliphatic heterocycles. The standard InChI is InChI=1S/C16H22N2O4S/c1-11(16(21)22)17-15(20)13(8-9-23-2)18-14(19)10-12-6-4-3-5-7-12/h3-7,11,13H,8-10H2,1-2H3,(H,17,20)(H,18,19)(H,21,22)/t11-,13?/m1/s1. The molecule has 0 aliphatic rings. The Kier molecular flexibility index (Phi) is 8.18. The van der Waals surface area contributed by atoms with Gasteiger partial charge in [0.2, 0.25) is 11.8 Å². The number of thioether (sulfide) groups is 1. The van der Waals surface area contributed by atoms with Gasteiger partial charge in [-0.2, -0.15) is 11.8 Å². The highest BCUT2D eigenvalue weighted by Gasteiger charge is 2.23. The topological polar surface area (TPSA) is 95.5 Å². The van der Waals surface area contributed by atoms with Crippen LogP contribution in [0.25, 0.3) is 0 Å². The van der Waals surface area contributed by atoms with Crippen molar-refractivity contribution < 1.29 is 19.5 Å². The maximum atomic E-state index is 12.2. The van der Waals surface area contributed by atoms with Crippen LogP contribution >= 0.6 is 11.8 Å². The van der Waals surface area contributed by atoms with Gasteiger partial charge in [0.05, 0.1) is 6.42 Å². The molecule has 1 aromatic rings. The van der Waals surface area contributed by atoms with E-state index in [1.807, 2.05) is 36.6 Å². The molecule has 3 N–H and O–H groups in total. The average molecular weight is 338 g/mol. The van der Waals surface area contributed by atoms with Gasteiger partial charge in [-0.3, -0.25) is 14.4 Å². The molecule has 1 aromatic carbocycles. The van der Waals surface area contributed by atoms with Gasteiger partial charge in [0.1, 0.15) is 12.1 Å². The maximum absolute atomic E-state index is 12.2. The minimum absolute atomic E-state index is 0.179. The van der Waals surface area contributed by atoms with Crippen LogP contribution in [0.5, 0.6) is 0 Å². The van der Waals surface area contributed by atoms with Crippen molar-refractivity contribution in [2.45, 2.75) is 31.8 Å². The molecule has 126 valence electrons. The predicted molar refractivity (Wildman–Crippen MR) is 90.3 cm³/mol. The van der Waals surface area contributed by atoms with E-state index in [1.54, 1.807) is 11.8 Å². The van der Waals surface area contributed by atoms with Crippen LogP contribution in [0.1, 0.15) is 18.9 Å². The van der Waals surface area contributed by atoms with Crippen LogP contribution in [0.15, 0.2) is 30.3 Å². The van der Waals surface area contributed by atoms with Gasteiger partial charge in [-0.25, -0.2) is 0 Å². The first-order chi connectivity index (χ1) is 10.9. The second-order valence-electron chi connectivity index (χ2n) is 5.13. The van der Waals surface area contributed by atoms with Crippen LogP contribution in [0.4, 0.5) is 0 Å². The number of carboxylic acid groups (broad SMARTS) is 1. The number of hydrogen-bond donors (Lipinski definition) is 3. The number of nitrogens with one attached hydrogen (secondary N) is 2. The lowest BCUT2D eigenvalue weighted by atomic mass is 10.1. The Bertz CT molecular complexity index is 536. The number of hydrogen-bond acceptors (Lipinski definition) is 4. The molecule has 0 radical (unpaired) electrons. The van der Waals surface area contributed by atoms with Crippen molar-refractivity contribution in [1.82, 2.24) is 10.6 Å². The summed E-state index contributed by atoms with van der Waals surface area (Å²) in [5.41, 5.74) is 0.855. The van der Waals surface area contributed by atoms with Gasteiger partial charge in [0, 0.05) is 0 Å². The van der Waals surface area contributed by atoms with Crippen LogP contribution in [-0.4, -0.2) is 47.0 Å². The van der Waals surface area contributed by atoms with Crippen LogP contribution in [0.2, 0.25) is 0 Å². The minimum Gasteiger partial charge on any atom is -0.480 e. The lowest BCUT2D eigenvalue weighted by Gasteiger charge is -2.19. The number of carbonyl (C=O) groups is 3. The Labute approximate surface area is 140 Å². The Morgan fingerprint density at radius 2 is 1.83 bits per heavy atom. The quantitative estimate of drug-likeness (QED) is 0.626. The van der Waals surface area contributed by atoms with Gasteiger partial charge in [-0.05, 0) is 30.9 Å². The molecule has 6 nitrogen and oxygen atoms in total. The molecule has 0 bridgehead atoms. The fourth-order valence-electron chi connectivity index (χ4n) is 1.91. The Hall–Kier alpha value is -2.02. The fourth-order valence-corrected chi connectivity index (χ4v) is 2.38. The molecule has 1 rings (SSSR count). The maximum Gasteiger partial charge on any atom is 0.325 e. The first-order valence-electron chi connectivity index (χ1n) is 7.29. The third kappa shape index (κ3) is 7.19. The van der Waals surface area contributed by atoms with Crippen LogP contribution < -0.4 is 10.6 Å². The van der Waals surface area contributed by atoms with Crippen molar-refractivity contribution in [1.29, 1.82) is 0 Å². The summed E-state index contributed by atoms with van der Waals surface area (Å²) >= 11 is 1.56. The molecule has 0 saturated carbocycles. The van der Waals surface area contributed by atoms with Crippen LogP contribution in [-0.2, 0) is 20.8 Å². The van der Waals surface area contributed by atoms with Crippen LogP contribution in [0, 0.1) is 0 Å². The van der Waals surface area contributed by atoms with Gasteiger partial charge in [0.15, 0.2) is 0 Å². The highest BCUT2D eigenvalue weighted by atomic mass is 32.2. The zero-order valence-corrected chi connectivity index (χ0v) is 14.1. The third-order valence-corrected chi connectivity index (χ3v) is 3.84. The first-order valence-corrected chi connectivity index (χ1v) is 8.68. The predicted octanol–water partition coefficient (Wildman–Crippen LogP) is 1.06. The molecule has 0 fully saturated rings. The van der Waals surface area contributed by atoms with Gasteiger partial charge < -0.3 is 15.7 Å². The minimum atomic E-state index is -1.11. The second-order valence-corrected chi connectivity index (χ2v) is 6.12. The lowest BCUT2D eigenvalue weighted by Crippen LogP contribution is -2.51. The molecule has 0 spiro atoms. The molecular formula is C16H22N2O4S. The average Bonchev–Trinajstić information content (AvgIpc) is 2.52. The van der Waals surface area contributed by atoms with Crippen LogP contribution in [0.3, 0.4) is 0 Å². The largest absolute Gasteiger partial charge is 0.480 e. The van der Waals surface area contributed by atoms with E-state index in [-0.39, 0.29) is 12.3 Å². The summed E-state index contributed by atoms with van der Waals surface area (Å²) in [6, 6.07) is 7.49. The van der Waals surface area contributed by atoms with Gasteiger partial charge in [-0.15, -0.1) is 0 Å². The molecule has 0 heterocycles. The third-order valence-electron chi connectivity index (χ3n) is 3.20. The highest BCUT2D eigenvalue weighted by molar-refractivity contribution is 7.98. The summed E-state index contributed by atoms with van der Waals surface area (Å²) in [5, 5.41) is 13.9. The molecule has 0 saturated heterocycles. The molecule has 2 atom stereocenters. The van der Waals surface area contributed by atoms with E-state index in [0.29, 0.717) is 12.2 Å². The van der Waals surface area contributed by atoms with Crippen molar-refractivity contribution in [3.05, 3.63) is 35.9 Å². The number of aliphatic carboxylic acids is 1. The lowest BCUT2D eigenvalue weighted by molar-refractivity contribution is -0.141. The molecule has 2 amide bonds. The van der Waals surface area contributed by atoms with E-state index in [4.69, 9.17) is 5.11 Å². The summed E-state index contributed by atoms with van der Waals surface area (Å²) in [6.45, 7) is 1.39. The van der Waals surface area contributed by atoms with Gasteiger partial charge >= 0.3 is 5.97 Å². The number of rotatable bonds is 9. The van der Waals surface area contributed by atoms with Crippen molar-refractivity contribution in [2.24, 2.45) is 0 Å². The van der Waals surface area contributed by atoms with E-state index in [0.717, 1.165) is 5.56 Å². The molecule has 0 aliphatic carbocycles. The van der Waals surface area contributed by atoms with E-state index in [9.17, 15) is 14.4 Å². The molecular weight excluding hydrogens is 316 g/mol. The van der Waals surface area contributed by atoms with E-state index < -0.39 is 24.0 Å². The highest BCUT2D eigenvalue weighted by Crippen LogP contribution is 2.04. The molecule has 23 heavy (non-hydrogen) atoms. The fraction of sp³-hybridized carbons (Fsp3) is 0.438. The second kappa shape index (κ2) is 9.89. The number of carboxylic acids is 1. The number of benzene rings is 1. The van der Waals surface area contributed by atoms with E-state index >= 15 is 0 Å². The first kappa shape index (κ1) is 19.0. The normalized spacial score (nSPS) is 13.0. The summed E-state index contributed by atoms with van der Waals surface area (Å²) in [5.74, 6) is -1.17. The molecule has 7 heteroatoms. The summed E-state index contributed by atoms with van der Waals surface area (Å²) in [6.07, 6.45) is 2.53. The van der Waals surface area contributed by atoms with Gasteiger partial charge in [0.25, 0.3) is 0 Å². The number of amides is 2. The summed E-state index contributed by atoms with van der Waals surface area (Å²) < 4.78 is 0. The zero-order valence-electron chi connectivity index (χ0n) is 13.2. The van der Waals surface area contributed by atoms with Crippen molar-refractivity contribution >= 4 is 29.5 Å². The van der Waals surface area contributed by atoms with Gasteiger partial charge in [-0.1, -0.05) is 30.3 Å². The van der Waals surface area contributed by atoms with E-state index in [2.05, 4.69) is 10.6 Å². The molecule has 0 aromatic heterocycles. The van der Waals surface area contributed by atoms with Crippen molar-refractivity contribution in [2.75, 3.05) is 12.0 Å². The SMILES string of the molecule is CSCCC(NC(=O)Cc1ccccc1)C(=O)N[C@H](C)C(=O)O. The van der Waals surface area contributed by atoms with Crippen molar-refractivity contribution in [3.63, 3.8) is 0 Å². The number of carbonyl (C=O) groups excluding carboxylic acids is 2. The van der Waals surface area contributed by atoms with E-state index in [1.165, 1.54) is 6.92 Å². The van der Waals surface area contributed by atoms with Crippen molar-refractivity contribution in [3.8, 4) is 0 Å². The Morgan fingerprint density at radius 1 is 1.17 bits per heavy atom. The Morgan fingerprint density at radius 3 is 2.39 bits per heavy atom. The Balaban J connectivity index is 2.64. The summed E-state index contributed by atoms with van der Waals surface area (Å²) in [7, 11) is 0. The zero-order chi connectivity index (χ0) is 17.2. The summed E-state index contributed by atoms with van der Waals surface area (Å²) in [4.78, 5) is 35.1. The molecule has 1 unspecified atom stereocenters.